The van der Waals surface area contributed by atoms with E-state index >= 15 is 0 Å². The first-order chi connectivity index (χ1) is 16.0. The molecule has 4 rings (SSSR count). The van der Waals surface area contributed by atoms with Gasteiger partial charge in [-0.25, -0.2) is 8.42 Å². The fourth-order valence-electron chi connectivity index (χ4n) is 4.41. The van der Waals surface area contributed by atoms with Gasteiger partial charge in [-0.2, -0.15) is 23.2 Å². The van der Waals surface area contributed by atoms with E-state index in [0.29, 0.717) is 27.4 Å². The van der Waals surface area contributed by atoms with Crippen molar-refractivity contribution in [3.63, 3.8) is 0 Å². The highest BCUT2D eigenvalue weighted by Crippen LogP contribution is 2.40. The van der Waals surface area contributed by atoms with Gasteiger partial charge in [-0.15, -0.1) is 0 Å². The van der Waals surface area contributed by atoms with Gasteiger partial charge < -0.3 is 4.57 Å². The van der Waals surface area contributed by atoms with E-state index in [4.69, 9.17) is 11.6 Å². The van der Waals surface area contributed by atoms with E-state index in [1.54, 1.807) is 22.9 Å². The number of nitrogens with zero attached hydrogens (tertiary/aromatic N) is 3. The van der Waals surface area contributed by atoms with Gasteiger partial charge in [0.05, 0.1) is 22.5 Å². The number of nitriles is 1. The van der Waals surface area contributed by atoms with E-state index in [1.807, 2.05) is 0 Å². The fraction of sp³-hybridized carbons (Fsp3) is 0.391. The SMILES string of the molecule is CC(NS(=O)(=O)c1ccc(-c2c(C#N)c3ccc(Cl)cc3n2C2CCCCC2)nc1)C(F)(F)F. The summed E-state index contributed by atoms with van der Waals surface area (Å²) in [7, 11) is -4.44. The van der Waals surface area contributed by atoms with Crippen molar-refractivity contribution >= 4 is 32.5 Å². The molecule has 1 aliphatic rings. The number of fused-ring (bicyclic) bond motifs is 1. The molecule has 1 atom stereocenters. The van der Waals surface area contributed by atoms with Crippen molar-refractivity contribution in [3.8, 4) is 17.5 Å². The minimum absolute atomic E-state index is 0.117. The van der Waals surface area contributed by atoms with Crippen LogP contribution in [-0.4, -0.2) is 30.2 Å². The van der Waals surface area contributed by atoms with Crippen LogP contribution in [0.3, 0.4) is 0 Å². The number of alkyl halides is 3. The number of aromatic nitrogens is 2. The first-order valence-electron chi connectivity index (χ1n) is 10.8. The molecule has 1 fully saturated rings. The van der Waals surface area contributed by atoms with Crippen LogP contribution >= 0.6 is 11.6 Å². The minimum atomic E-state index is -4.72. The van der Waals surface area contributed by atoms with E-state index in [2.05, 4.69) is 15.6 Å². The summed E-state index contributed by atoms with van der Waals surface area (Å²) >= 11 is 6.26. The van der Waals surface area contributed by atoms with Crippen LogP contribution in [0.5, 0.6) is 0 Å². The number of halogens is 4. The molecule has 1 aromatic carbocycles. The Morgan fingerprint density at radius 1 is 1.21 bits per heavy atom. The Hall–Kier alpha value is -2.61. The maximum atomic E-state index is 12.8. The van der Waals surface area contributed by atoms with Crippen molar-refractivity contribution in [2.24, 2.45) is 0 Å². The summed E-state index contributed by atoms with van der Waals surface area (Å²) in [6.07, 6.45) is 1.34. The van der Waals surface area contributed by atoms with Crippen molar-refractivity contribution < 1.29 is 21.6 Å². The number of pyridine rings is 1. The Kier molecular flexibility index (Phi) is 6.64. The van der Waals surface area contributed by atoms with Gasteiger partial charge in [0.15, 0.2) is 0 Å². The zero-order chi connectivity index (χ0) is 24.7. The van der Waals surface area contributed by atoms with Gasteiger partial charge in [0.1, 0.15) is 17.0 Å². The molecule has 1 aliphatic carbocycles. The lowest BCUT2D eigenvalue weighted by atomic mass is 9.95. The molecule has 3 aromatic rings. The van der Waals surface area contributed by atoms with Gasteiger partial charge in [0, 0.05) is 22.6 Å². The van der Waals surface area contributed by atoms with Crippen LogP contribution in [0.1, 0.15) is 50.6 Å². The molecule has 180 valence electrons. The van der Waals surface area contributed by atoms with Crippen LogP contribution < -0.4 is 4.72 Å². The molecule has 34 heavy (non-hydrogen) atoms. The van der Waals surface area contributed by atoms with Crippen molar-refractivity contribution in [3.05, 3.63) is 47.1 Å². The summed E-state index contributed by atoms with van der Waals surface area (Å²) in [5.74, 6) is 0. The third-order valence-electron chi connectivity index (χ3n) is 6.13. The van der Waals surface area contributed by atoms with Gasteiger partial charge in [-0.1, -0.05) is 30.9 Å². The average molecular weight is 511 g/mol. The topological polar surface area (TPSA) is 87.8 Å². The highest BCUT2D eigenvalue weighted by Gasteiger charge is 2.39. The van der Waals surface area contributed by atoms with E-state index in [9.17, 15) is 26.9 Å². The summed E-state index contributed by atoms with van der Waals surface area (Å²) in [5, 5.41) is 11.2. The molecule has 2 aromatic heterocycles. The fourth-order valence-corrected chi connectivity index (χ4v) is 5.75. The number of hydrogen-bond acceptors (Lipinski definition) is 4. The van der Waals surface area contributed by atoms with Crippen LogP contribution in [0, 0.1) is 11.3 Å². The molecule has 11 heteroatoms. The van der Waals surface area contributed by atoms with E-state index in [0.717, 1.165) is 50.7 Å². The van der Waals surface area contributed by atoms with Gasteiger partial charge in [0.25, 0.3) is 0 Å². The lowest BCUT2D eigenvalue weighted by Crippen LogP contribution is -2.42. The number of nitrogens with one attached hydrogen (secondary N) is 1. The number of hydrogen-bond donors (Lipinski definition) is 1. The smallest absolute Gasteiger partial charge is 0.335 e. The standard InChI is InChI=1S/C23H22ClF3N4O2S/c1-14(23(25,26)27)30-34(32,33)17-8-10-20(29-13-17)22-19(12-28)18-9-7-15(24)11-21(18)31(22)16-5-3-2-4-6-16/h7-11,13-14,16,30H,2-6H2,1H3. The molecular formula is C23H22ClF3N4O2S. The number of benzene rings is 1. The van der Waals surface area contributed by atoms with Gasteiger partial charge in [-0.05, 0) is 50.1 Å². The highest BCUT2D eigenvalue weighted by molar-refractivity contribution is 7.89. The lowest BCUT2D eigenvalue weighted by molar-refractivity contribution is -0.147. The third kappa shape index (κ3) is 4.65. The van der Waals surface area contributed by atoms with Crippen molar-refractivity contribution in [2.75, 3.05) is 0 Å². The second kappa shape index (κ2) is 9.21. The molecule has 0 spiro atoms. The summed E-state index contributed by atoms with van der Waals surface area (Å²) in [5.41, 5.74) is 2.10. The van der Waals surface area contributed by atoms with Gasteiger partial charge >= 0.3 is 6.18 Å². The maximum absolute atomic E-state index is 12.8. The largest absolute Gasteiger partial charge is 0.404 e. The van der Waals surface area contributed by atoms with Crippen molar-refractivity contribution in [1.29, 1.82) is 5.26 Å². The molecule has 0 radical (unpaired) electrons. The molecule has 0 amide bonds. The normalized spacial score (nSPS) is 16.5. The predicted molar refractivity (Wildman–Crippen MR) is 123 cm³/mol. The predicted octanol–water partition coefficient (Wildman–Crippen LogP) is 5.96. The molecule has 1 saturated carbocycles. The average Bonchev–Trinajstić information content (AvgIpc) is 3.12. The Balaban J connectivity index is 1.82. The Bertz CT molecular complexity index is 1360. The second-order valence-electron chi connectivity index (χ2n) is 8.42. The zero-order valence-electron chi connectivity index (χ0n) is 18.2. The Morgan fingerprint density at radius 2 is 1.91 bits per heavy atom. The van der Waals surface area contributed by atoms with Crippen LogP contribution in [0.25, 0.3) is 22.3 Å². The van der Waals surface area contributed by atoms with E-state index < -0.39 is 27.1 Å². The number of rotatable bonds is 5. The van der Waals surface area contributed by atoms with Crippen molar-refractivity contribution in [2.45, 2.75) is 62.2 Å². The quantitative estimate of drug-likeness (QED) is 0.458. The summed E-state index contributed by atoms with van der Waals surface area (Å²) in [6.45, 7) is 0.728. The van der Waals surface area contributed by atoms with E-state index in [1.165, 1.54) is 12.1 Å². The second-order valence-corrected chi connectivity index (χ2v) is 10.6. The first kappa shape index (κ1) is 24.5. The summed E-state index contributed by atoms with van der Waals surface area (Å²) in [6, 6.07) is 8.02. The van der Waals surface area contributed by atoms with Crippen LogP contribution in [0.2, 0.25) is 5.02 Å². The summed E-state index contributed by atoms with van der Waals surface area (Å²) in [4.78, 5) is 3.87. The van der Waals surface area contributed by atoms with Crippen LogP contribution in [0.15, 0.2) is 41.4 Å². The van der Waals surface area contributed by atoms with Gasteiger partial charge in [0.2, 0.25) is 10.0 Å². The molecule has 0 saturated heterocycles. The molecule has 1 unspecified atom stereocenters. The summed E-state index contributed by atoms with van der Waals surface area (Å²) < 4.78 is 67.0. The lowest BCUT2D eigenvalue weighted by Gasteiger charge is -2.26. The highest BCUT2D eigenvalue weighted by atomic mass is 35.5. The third-order valence-corrected chi connectivity index (χ3v) is 7.89. The van der Waals surface area contributed by atoms with Crippen LogP contribution in [-0.2, 0) is 10.0 Å². The minimum Gasteiger partial charge on any atom is -0.335 e. The first-order valence-corrected chi connectivity index (χ1v) is 12.7. The van der Waals surface area contributed by atoms with Crippen molar-refractivity contribution in [1.82, 2.24) is 14.3 Å². The van der Waals surface area contributed by atoms with Crippen LogP contribution in [0.4, 0.5) is 13.2 Å². The molecule has 0 bridgehead atoms. The molecule has 1 N–H and O–H groups in total. The molecular weight excluding hydrogens is 489 g/mol. The van der Waals surface area contributed by atoms with Gasteiger partial charge in [-0.3, -0.25) is 4.98 Å². The molecule has 0 aliphatic heterocycles. The molecule has 6 nitrogen and oxygen atoms in total. The Labute approximate surface area is 200 Å². The van der Waals surface area contributed by atoms with E-state index in [-0.39, 0.29) is 6.04 Å². The maximum Gasteiger partial charge on any atom is 0.404 e. The molecule has 2 heterocycles. The monoisotopic (exact) mass is 510 g/mol. The number of sulfonamides is 1. The zero-order valence-corrected chi connectivity index (χ0v) is 19.8. The Morgan fingerprint density at radius 3 is 2.50 bits per heavy atom.